The van der Waals surface area contributed by atoms with Crippen LogP contribution in [0.25, 0.3) is 0 Å². The molecule has 2 aromatic rings. The van der Waals surface area contributed by atoms with Crippen molar-refractivity contribution in [2.24, 2.45) is 5.92 Å². The van der Waals surface area contributed by atoms with Gasteiger partial charge in [0.2, 0.25) is 5.78 Å². The Labute approximate surface area is 248 Å². The first-order chi connectivity index (χ1) is 19.9. The predicted molar refractivity (Wildman–Crippen MR) is 161 cm³/mol. The second-order valence-corrected chi connectivity index (χ2v) is 12.1. The number of nitrogens with zero attached hydrogens (tertiary/aromatic N) is 4. The van der Waals surface area contributed by atoms with E-state index in [9.17, 15) is 14.4 Å². The Morgan fingerprint density at radius 3 is 2.43 bits per heavy atom. The van der Waals surface area contributed by atoms with E-state index in [1.807, 2.05) is 56.9 Å². The second kappa shape index (κ2) is 13.0. The van der Waals surface area contributed by atoms with Gasteiger partial charge in [-0.25, -0.2) is 14.8 Å². The normalized spacial score (nSPS) is 20.0. The van der Waals surface area contributed by atoms with Gasteiger partial charge in [0.1, 0.15) is 17.4 Å². The third-order valence-corrected chi connectivity index (χ3v) is 7.86. The number of nitrogens with one attached hydrogen (secondary N) is 1. The highest BCUT2D eigenvalue weighted by atomic mass is 16.6. The van der Waals surface area contributed by atoms with E-state index in [-0.39, 0.29) is 35.4 Å². The summed E-state index contributed by atoms with van der Waals surface area (Å²) in [7, 11) is 1.61. The summed E-state index contributed by atoms with van der Waals surface area (Å²) in [6.07, 6.45) is 4.96. The molecule has 226 valence electrons. The molecule has 0 spiro atoms. The number of carbonyl (C=O) groups excluding carboxylic acids is 3. The minimum Gasteiger partial charge on any atom is -0.497 e. The molecule has 0 radical (unpaired) electrons. The zero-order valence-electron chi connectivity index (χ0n) is 25.6. The summed E-state index contributed by atoms with van der Waals surface area (Å²) < 4.78 is 10.9. The number of ketones is 2. The van der Waals surface area contributed by atoms with Crippen LogP contribution >= 0.6 is 0 Å². The number of fused-ring (bicyclic) bond motifs is 1. The number of allylic oxidation sites excluding steroid dienone is 1. The van der Waals surface area contributed by atoms with Crippen LogP contribution in [-0.2, 0) is 16.1 Å². The number of hydrogen-bond acceptors (Lipinski definition) is 9. The van der Waals surface area contributed by atoms with E-state index in [0.29, 0.717) is 37.6 Å². The number of aryl methyl sites for hydroxylation is 1. The summed E-state index contributed by atoms with van der Waals surface area (Å²) in [6.45, 7) is 14.1. The summed E-state index contributed by atoms with van der Waals surface area (Å²) in [5.74, 6) is 0.0997. The molecule has 1 aromatic heterocycles. The molecule has 1 aliphatic heterocycles. The van der Waals surface area contributed by atoms with Crippen molar-refractivity contribution in [2.75, 3.05) is 25.5 Å². The van der Waals surface area contributed by atoms with Gasteiger partial charge < -0.3 is 19.7 Å². The Bertz CT molecular complexity index is 1310. The molecule has 2 heterocycles. The Kier molecular flexibility index (Phi) is 9.66. The lowest BCUT2D eigenvalue weighted by atomic mass is 9.79. The first-order valence-corrected chi connectivity index (χ1v) is 14.6. The van der Waals surface area contributed by atoms with Gasteiger partial charge in [-0.1, -0.05) is 25.1 Å². The van der Waals surface area contributed by atoms with Crippen LogP contribution in [0.15, 0.2) is 43.1 Å². The zero-order valence-corrected chi connectivity index (χ0v) is 25.6. The van der Waals surface area contributed by atoms with Crippen LogP contribution in [0.4, 0.5) is 10.6 Å². The number of hydrogen-bond donors (Lipinski definition) is 1. The van der Waals surface area contributed by atoms with Crippen LogP contribution in [0.3, 0.4) is 0 Å². The van der Waals surface area contributed by atoms with Crippen molar-refractivity contribution in [1.82, 2.24) is 19.8 Å². The van der Waals surface area contributed by atoms with Gasteiger partial charge in [0.15, 0.2) is 17.3 Å². The highest BCUT2D eigenvalue weighted by Crippen LogP contribution is 2.37. The highest BCUT2D eigenvalue weighted by Gasteiger charge is 2.51. The maximum atomic E-state index is 14.4. The fraction of sp³-hybridized carbons (Fsp3) is 0.531. The number of amides is 1. The van der Waals surface area contributed by atoms with Crippen LogP contribution in [0, 0.1) is 12.8 Å². The number of rotatable bonds is 11. The van der Waals surface area contributed by atoms with Crippen molar-refractivity contribution in [2.45, 2.75) is 84.2 Å². The molecular weight excluding hydrogens is 534 g/mol. The average Bonchev–Trinajstić information content (AvgIpc) is 2.92. The smallest absolute Gasteiger partial charge is 0.410 e. The molecule has 10 heteroatoms. The fourth-order valence-electron chi connectivity index (χ4n) is 5.55. The lowest BCUT2D eigenvalue weighted by molar-refractivity contribution is -0.131. The standard InChI is InChI=1S/C32H43N5O5/c1-8-9-20(2)28(38)27(36-16-17-37(25-15-14-24(25)36)31(40)42-32(4,5)6)29(39)26-30(33-18-21(3)35-26)34-19-22-10-12-23(41-7)13-11-22/h8,10-13,18,20,24-25,27H,1,9,14-17,19H2,2-7H3,(H,33,34)/t20?,24-,25-,27?/m0/s1. The van der Waals surface area contributed by atoms with E-state index in [1.165, 1.54) is 0 Å². The van der Waals surface area contributed by atoms with Crippen molar-refractivity contribution in [1.29, 1.82) is 0 Å². The molecule has 1 saturated carbocycles. The number of aromatic nitrogens is 2. The molecule has 0 bridgehead atoms. The van der Waals surface area contributed by atoms with Crippen molar-refractivity contribution in [3.05, 3.63) is 60.1 Å². The first kappa shape index (κ1) is 31.2. The van der Waals surface area contributed by atoms with E-state index in [4.69, 9.17) is 9.47 Å². The minimum atomic E-state index is -1.05. The third kappa shape index (κ3) is 6.98. The Balaban J connectivity index is 1.62. The van der Waals surface area contributed by atoms with Gasteiger partial charge in [0.25, 0.3) is 0 Å². The molecule has 2 fully saturated rings. The van der Waals surface area contributed by atoms with Gasteiger partial charge in [-0.15, -0.1) is 6.58 Å². The molecule has 2 unspecified atom stereocenters. The van der Waals surface area contributed by atoms with E-state index >= 15 is 0 Å². The topological polar surface area (TPSA) is 114 Å². The van der Waals surface area contributed by atoms with E-state index in [2.05, 4.69) is 21.9 Å². The molecule has 1 aliphatic carbocycles. The van der Waals surface area contributed by atoms with Crippen LogP contribution in [0.1, 0.15) is 68.7 Å². The zero-order chi connectivity index (χ0) is 30.6. The molecular formula is C32H43N5O5. The molecule has 1 saturated heterocycles. The second-order valence-electron chi connectivity index (χ2n) is 12.1. The van der Waals surface area contributed by atoms with Crippen LogP contribution in [-0.4, -0.2) is 81.4 Å². The number of Topliss-reactive ketones (excluding diaryl/α,β-unsaturated/α-hetero) is 2. The quantitative estimate of drug-likeness (QED) is 0.228. The molecule has 1 amide bonds. The Morgan fingerprint density at radius 2 is 1.83 bits per heavy atom. The Morgan fingerprint density at radius 1 is 1.14 bits per heavy atom. The van der Waals surface area contributed by atoms with Gasteiger partial charge in [-0.05, 0) is 64.7 Å². The van der Waals surface area contributed by atoms with Crippen molar-refractivity contribution < 1.29 is 23.9 Å². The molecule has 42 heavy (non-hydrogen) atoms. The number of benzene rings is 1. The largest absolute Gasteiger partial charge is 0.497 e. The summed E-state index contributed by atoms with van der Waals surface area (Å²) in [6, 6.07) is 6.29. The maximum absolute atomic E-state index is 14.4. The molecule has 4 atom stereocenters. The summed E-state index contributed by atoms with van der Waals surface area (Å²) in [4.78, 5) is 54.2. The summed E-state index contributed by atoms with van der Waals surface area (Å²) >= 11 is 0. The summed E-state index contributed by atoms with van der Waals surface area (Å²) in [5.41, 5.74) is 1.08. The van der Waals surface area contributed by atoms with Gasteiger partial charge >= 0.3 is 6.09 Å². The number of ether oxygens (including phenoxy) is 2. The third-order valence-electron chi connectivity index (χ3n) is 7.86. The van der Waals surface area contributed by atoms with Gasteiger partial charge in [-0.2, -0.15) is 0 Å². The number of anilines is 1. The molecule has 10 nitrogen and oxygen atoms in total. The lowest BCUT2D eigenvalue weighted by Crippen LogP contribution is -2.70. The van der Waals surface area contributed by atoms with E-state index in [0.717, 1.165) is 24.2 Å². The summed E-state index contributed by atoms with van der Waals surface area (Å²) in [5, 5.41) is 3.25. The van der Waals surface area contributed by atoms with Gasteiger partial charge in [-0.3, -0.25) is 14.5 Å². The van der Waals surface area contributed by atoms with Crippen molar-refractivity contribution in [3.63, 3.8) is 0 Å². The van der Waals surface area contributed by atoms with Crippen LogP contribution < -0.4 is 10.1 Å². The Hall–Kier alpha value is -3.79. The fourth-order valence-corrected chi connectivity index (χ4v) is 5.55. The van der Waals surface area contributed by atoms with E-state index < -0.39 is 17.6 Å². The number of carbonyl (C=O) groups is 3. The number of methoxy groups -OCH3 is 1. The van der Waals surface area contributed by atoms with Gasteiger partial charge in [0.05, 0.1) is 25.0 Å². The predicted octanol–water partition coefficient (Wildman–Crippen LogP) is 4.82. The maximum Gasteiger partial charge on any atom is 0.410 e. The van der Waals surface area contributed by atoms with E-state index in [1.54, 1.807) is 31.2 Å². The van der Waals surface area contributed by atoms with Crippen LogP contribution in [0.2, 0.25) is 0 Å². The highest BCUT2D eigenvalue weighted by molar-refractivity contribution is 6.15. The minimum absolute atomic E-state index is 0.123. The van der Waals surface area contributed by atoms with Gasteiger partial charge in [0, 0.05) is 31.6 Å². The average molecular weight is 578 g/mol. The number of piperazine rings is 1. The van der Waals surface area contributed by atoms with Crippen molar-refractivity contribution >= 4 is 23.5 Å². The first-order valence-electron chi connectivity index (χ1n) is 14.6. The van der Waals surface area contributed by atoms with Crippen molar-refractivity contribution in [3.8, 4) is 5.75 Å². The van der Waals surface area contributed by atoms with Crippen LogP contribution in [0.5, 0.6) is 5.75 Å². The lowest BCUT2D eigenvalue weighted by Gasteiger charge is -2.55. The SMILES string of the molecule is C=CCC(C)C(=O)C(C(=O)c1nc(C)cnc1NCc1ccc(OC)cc1)N1CCN(C(=O)OC(C)(C)C)[C@H]2CC[C@@H]21. The monoisotopic (exact) mass is 577 g/mol. The molecule has 1 N–H and O–H groups in total. The molecule has 4 rings (SSSR count). The molecule has 2 aliphatic rings. The molecule has 1 aromatic carbocycles.